The van der Waals surface area contributed by atoms with Crippen LogP contribution < -0.4 is 24.3 Å². The molecule has 10 nitrogen and oxygen atoms in total. The van der Waals surface area contributed by atoms with Gasteiger partial charge >= 0.3 is 5.97 Å². The maximum absolute atomic E-state index is 13.0. The molecular formula is C27H23N3O7S. The minimum atomic E-state index is -0.375. The van der Waals surface area contributed by atoms with Crippen molar-refractivity contribution in [1.29, 1.82) is 0 Å². The first-order chi connectivity index (χ1) is 18.4. The smallest absolute Gasteiger partial charge is 0.338 e. The summed E-state index contributed by atoms with van der Waals surface area (Å²) in [5.74, 6) is 2.45. The fraction of sp³-hybridized carbons (Fsp3) is 0.185. The Bertz CT molecular complexity index is 1710. The predicted octanol–water partition coefficient (Wildman–Crippen LogP) is 3.83. The summed E-state index contributed by atoms with van der Waals surface area (Å²) in [4.78, 5) is 29.9. The third-order valence-corrected chi connectivity index (χ3v) is 6.64. The van der Waals surface area contributed by atoms with Gasteiger partial charge in [-0.15, -0.1) is 5.10 Å². The molecule has 0 aliphatic heterocycles. The first-order valence-corrected chi connectivity index (χ1v) is 12.4. The van der Waals surface area contributed by atoms with Crippen LogP contribution in [0, 0.1) is 0 Å². The fourth-order valence-corrected chi connectivity index (χ4v) is 4.75. The topological polar surface area (TPSA) is 114 Å². The second-order valence-corrected chi connectivity index (χ2v) is 8.97. The lowest BCUT2D eigenvalue weighted by atomic mass is 10.1. The first-order valence-electron chi connectivity index (χ1n) is 11.5. The number of hydrogen-bond donors (Lipinski definition) is 0. The SMILES string of the molecule is CCOC(=O)c1ccc(-c2ccc(/C=c3\sc4nc(-c5cc(OC)c(OC)c(OC)c5)nn4c3=O)o2)cc1. The van der Waals surface area contributed by atoms with E-state index < -0.39 is 0 Å². The summed E-state index contributed by atoms with van der Waals surface area (Å²) in [7, 11) is 4.57. The maximum Gasteiger partial charge on any atom is 0.338 e. The van der Waals surface area contributed by atoms with Crippen molar-refractivity contribution in [3.05, 3.63) is 74.7 Å². The van der Waals surface area contributed by atoms with Gasteiger partial charge in [-0.25, -0.2) is 4.79 Å². The summed E-state index contributed by atoms with van der Waals surface area (Å²) in [5, 5.41) is 4.40. The molecule has 0 N–H and O–H groups in total. The normalized spacial score (nSPS) is 11.6. The molecule has 5 rings (SSSR count). The van der Waals surface area contributed by atoms with Crippen molar-refractivity contribution in [2.75, 3.05) is 27.9 Å². The number of carbonyl (C=O) groups is 1. The number of hydrogen-bond acceptors (Lipinski definition) is 10. The molecule has 38 heavy (non-hydrogen) atoms. The molecular weight excluding hydrogens is 510 g/mol. The molecule has 0 aliphatic carbocycles. The minimum Gasteiger partial charge on any atom is -0.493 e. The number of esters is 1. The summed E-state index contributed by atoms with van der Waals surface area (Å²) in [6, 6.07) is 13.9. The van der Waals surface area contributed by atoms with E-state index in [9.17, 15) is 9.59 Å². The van der Waals surface area contributed by atoms with E-state index in [1.54, 1.807) is 61.5 Å². The Morgan fingerprint density at radius 1 is 1.00 bits per heavy atom. The molecule has 0 unspecified atom stereocenters. The van der Waals surface area contributed by atoms with Gasteiger partial charge in [0.2, 0.25) is 10.7 Å². The lowest BCUT2D eigenvalue weighted by molar-refractivity contribution is 0.0526. The van der Waals surface area contributed by atoms with Crippen LogP contribution in [0.4, 0.5) is 0 Å². The van der Waals surface area contributed by atoms with Gasteiger partial charge in [0.25, 0.3) is 5.56 Å². The molecule has 2 aromatic carbocycles. The quantitative estimate of drug-likeness (QED) is 0.275. The largest absolute Gasteiger partial charge is 0.493 e. The maximum atomic E-state index is 13.0. The summed E-state index contributed by atoms with van der Waals surface area (Å²) < 4.78 is 28.8. The number of carbonyl (C=O) groups excluding carboxylic acids is 1. The summed E-state index contributed by atoms with van der Waals surface area (Å²) in [5.41, 5.74) is 1.56. The molecule has 3 heterocycles. The second kappa shape index (κ2) is 10.4. The summed E-state index contributed by atoms with van der Waals surface area (Å²) in [6.45, 7) is 2.07. The Balaban J connectivity index is 1.44. The van der Waals surface area contributed by atoms with Crippen LogP contribution in [-0.2, 0) is 4.74 Å². The molecule has 0 fully saturated rings. The van der Waals surface area contributed by atoms with E-state index in [-0.39, 0.29) is 11.5 Å². The van der Waals surface area contributed by atoms with Crippen LogP contribution in [0.2, 0.25) is 0 Å². The van der Waals surface area contributed by atoms with E-state index in [0.717, 1.165) is 5.56 Å². The first kappa shape index (κ1) is 25.0. The third kappa shape index (κ3) is 4.59. The number of nitrogens with zero attached hydrogens (tertiary/aromatic N) is 3. The van der Waals surface area contributed by atoms with E-state index in [2.05, 4.69) is 10.1 Å². The monoisotopic (exact) mass is 533 g/mol. The molecule has 0 saturated heterocycles. The molecule has 11 heteroatoms. The highest BCUT2D eigenvalue weighted by Gasteiger charge is 2.18. The van der Waals surface area contributed by atoms with Crippen molar-refractivity contribution >= 4 is 28.3 Å². The van der Waals surface area contributed by atoms with Crippen molar-refractivity contribution < 1.29 is 28.2 Å². The zero-order valence-electron chi connectivity index (χ0n) is 21.0. The Morgan fingerprint density at radius 2 is 1.71 bits per heavy atom. The molecule has 5 aromatic rings. The van der Waals surface area contributed by atoms with Crippen LogP contribution in [0.25, 0.3) is 33.7 Å². The van der Waals surface area contributed by atoms with Crippen molar-refractivity contribution in [1.82, 2.24) is 14.6 Å². The van der Waals surface area contributed by atoms with Crippen molar-refractivity contribution in [3.63, 3.8) is 0 Å². The van der Waals surface area contributed by atoms with Gasteiger partial charge in [0.15, 0.2) is 17.3 Å². The van der Waals surface area contributed by atoms with Gasteiger partial charge in [-0.3, -0.25) is 4.79 Å². The van der Waals surface area contributed by atoms with E-state index in [0.29, 0.717) is 61.8 Å². The van der Waals surface area contributed by atoms with Crippen molar-refractivity contribution in [2.24, 2.45) is 0 Å². The number of methoxy groups -OCH3 is 3. The molecule has 0 bridgehead atoms. The lowest BCUT2D eigenvalue weighted by Crippen LogP contribution is -2.23. The van der Waals surface area contributed by atoms with Gasteiger partial charge < -0.3 is 23.4 Å². The molecule has 3 aromatic heterocycles. The zero-order valence-corrected chi connectivity index (χ0v) is 21.8. The molecule has 0 atom stereocenters. The Morgan fingerprint density at radius 3 is 2.32 bits per heavy atom. The van der Waals surface area contributed by atoms with Gasteiger partial charge in [0, 0.05) is 17.2 Å². The standard InChI is InChI=1S/C27H23N3O7S/c1-5-36-26(32)16-8-6-15(7-9-16)19-11-10-18(37-19)14-22-25(31)30-27(38-22)28-24(29-30)17-12-20(33-2)23(35-4)21(13-17)34-3/h6-14H,5H2,1-4H3/b22-14-. The number of aromatic nitrogens is 3. The second-order valence-electron chi connectivity index (χ2n) is 7.96. The van der Waals surface area contributed by atoms with Crippen LogP contribution in [0.15, 0.2) is 57.7 Å². The minimum absolute atomic E-state index is 0.312. The van der Waals surface area contributed by atoms with E-state index in [1.807, 2.05) is 0 Å². The number of benzene rings is 2. The Kier molecular flexibility index (Phi) is 6.84. The van der Waals surface area contributed by atoms with Gasteiger partial charge in [0.1, 0.15) is 16.1 Å². The highest BCUT2D eigenvalue weighted by Crippen LogP contribution is 2.40. The predicted molar refractivity (Wildman–Crippen MR) is 141 cm³/mol. The summed E-state index contributed by atoms with van der Waals surface area (Å²) in [6.07, 6.45) is 1.65. The summed E-state index contributed by atoms with van der Waals surface area (Å²) >= 11 is 1.20. The molecule has 0 amide bonds. The molecule has 0 aliphatic rings. The number of fused-ring (bicyclic) bond motifs is 1. The molecule has 0 spiro atoms. The third-order valence-electron chi connectivity index (χ3n) is 5.69. The Hall–Kier alpha value is -4.64. The Labute approximate surface area is 220 Å². The fourth-order valence-electron chi connectivity index (χ4n) is 3.87. The molecule has 194 valence electrons. The van der Waals surface area contributed by atoms with Crippen LogP contribution >= 0.6 is 11.3 Å². The van der Waals surface area contributed by atoms with E-state index >= 15 is 0 Å². The van der Waals surface area contributed by atoms with Gasteiger partial charge in [-0.05, 0) is 43.3 Å². The molecule has 0 radical (unpaired) electrons. The van der Waals surface area contributed by atoms with Gasteiger partial charge in [-0.2, -0.15) is 9.50 Å². The van der Waals surface area contributed by atoms with E-state index in [1.165, 1.54) is 37.2 Å². The van der Waals surface area contributed by atoms with Gasteiger partial charge in [-0.1, -0.05) is 23.5 Å². The number of rotatable bonds is 8. The number of furan rings is 1. The van der Waals surface area contributed by atoms with Crippen LogP contribution in [-0.4, -0.2) is 48.5 Å². The van der Waals surface area contributed by atoms with Crippen LogP contribution in [0.3, 0.4) is 0 Å². The highest BCUT2D eigenvalue weighted by atomic mass is 32.1. The molecule has 0 saturated carbocycles. The lowest BCUT2D eigenvalue weighted by Gasteiger charge is -2.12. The number of ether oxygens (including phenoxy) is 4. The highest BCUT2D eigenvalue weighted by molar-refractivity contribution is 7.15. The van der Waals surface area contributed by atoms with Crippen LogP contribution in [0.1, 0.15) is 23.0 Å². The van der Waals surface area contributed by atoms with Gasteiger partial charge in [0.05, 0.1) is 33.5 Å². The number of thiazole rings is 1. The zero-order chi connectivity index (χ0) is 26.8. The average Bonchev–Trinajstić information content (AvgIpc) is 3.65. The van der Waals surface area contributed by atoms with Crippen LogP contribution in [0.5, 0.6) is 17.2 Å². The average molecular weight is 534 g/mol. The van der Waals surface area contributed by atoms with Crippen molar-refractivity contribution in [2.45, 2.75) is 6.92 Å². The van der Waals surface area contributed by atoms with E-state index in [4.69, 9.17) is 23.4 Å². The van der Waals surface area contributed by atoms with Crippen molar-refractivity contribution in [3.8, 4) is 40.0 Å².